The molecule has 0 saturated heterocycles. The van der Waals surface area contributed by atoms with Gasteiger partial charge in [-0.15, -0.1) is 0 Å². The van der Waals surface area contributed by atoms with Crippen LogP contribution in [0.2, 0.25) is 0 Å². The Kier molecular flexibility index (Phi) is 4.19. The maximum absolute atomic E-state index is 12.6. The highest BCUT2D eigenvalue weighted by Crippen LogP contribution is 2.39. The summed E-state index contributed by atoms with van der Waals surface area (Å²) in [5.41, 5.74) is 4.94. The number of hydrogen-bond acceptors (Lipinski definition) is 2. The highest BCUT2D eigenvalue weighted by Gasteiger charge is 2.33. The van der Waals surface area contributed by atoms with Crippen LogP contribution in [-0.2, 0) is 6.42 Å². The van der Waals surface area contributed by atoms with Gasteiger partial charge in [-0.2, -0.15) is 0 Å². The summed E-state index contributed by atoms with van der Waals surface area (Å²) in [5.74, 6) is 0.718. The lowest BCUT2D eigenvalue weighted by Gasteiger charge is -2.18. The van der Waals surface area contributed by atoms with E-state index >= 15 is 0 Å². The minimum atomic E-state index is -0.234. The van der Waals surface area contributed by atoms with E-state index < -0.39 is 0 Å². The molecule has 2 aliphatic rings. The van der Waals surface area contributed by atoms with Gasteiger partial charge in [0.15, 0.2) is 0 Å². The molecule has 1 amide bonds. The van der Waals surface area contributed by atoms with Gasteiger partial charge < -0.3 is 15.4 Å². The van der Waals surface area contributed by atoms with Crippen LogP contribution in [0.15, 0.2) is 54.6 Å². The maximum atomic E-state index is 12.6. The van der Waals surface area contributed by atoms with Crippen LogP contribution < -0.4 is 5.32 Å². The summed E-state index contributed by atoms with van der Waals surface area (Å²) in [6, 6.07) is 13.1. The van der Waals surface area contributed by atoms with Gasteiger partial charge in [-0.1, -0.05) is 30.4 Å². The standard InChI is InChI=1S/C24H24N2O2/c27-16-11-12-17-19(14-16)23(26-24(17)28)22-18-9-5-6-10-20(18)25-21(22)13-15-7-3-1-2-4-8-15/h1,3,5-6,9-12,14-15,23,25,27H,2,4,7-8,13H2,(H,26,28)/t15?,23-/m1/s1. The van der Waals surface area contributed by atoms with Crippen molar-refractivity contribution in [3.8, 4) is 5.75 Å². The van der Waals surface area contributed by atoms with Crippen LogP contribution in [0, 0.1) is 5.92 Å². The molecular formula is C24H24N2O2. The third-order valence-corrected chi connectivity index (χ3v) is 6.09. The monoisotopic (exact) mass is 372 g/mol. The smallest absolute Gasteiger partial charge is 0.252 e. The number of hydrogen-bond donors (Lipinski definition) is 3. The number of aromatic nitrogens is 1. The minimum absolute atomic E-state index is 0.0753. The van der Waals surface area contributed by atoms with Gasteiger partial charge in [0.1, 0.15) is 5.75 Å². The van der Waals surface area contributed by atoms with Crippen molar-refractivity contribution < 1.29 is 9.90 Å². The number of rotatable bonds is 3. The van der Waals surface area contributed by atoms with Crippen LogP contribution in [0.3, 0.4) is 0 Å². The summed E-state index contributed by atoms with van der Waals surface area (Å²) in [7, 11) is 0. The number of aromatic hydroxyl groups is 1. The highest BCUT2D eigenvalue weighted by molar-refractivity contribution is 6.01. The molecule has 3 N–H and O–H groups in total. The van der Waals surface area contributed by atoms with Crippen molar-refractivity contribution in [2.24, 2.45) is 5.92 Å². The van der Waals surface area contributed by atoms with Crippen molar-refractivity contribution in [1.82, 2.24) is 10.3 Å². The topological polar surface area (TPSA) is 65.1 Å². The quantitative estimate of drug-likeness (QED) is 0.567. The molecule has 3 aromatic rings. The normalized spacial score (nSPS) is 21.5. The molecule has 2 atom stereocenters. The summed E-state index contributed by atoms with van der Waals surface area (Å²) in [6.45, 7) is 0. The number of allylic oxidation sites excluding steroid dienone is 2. The van der Waals surface area contributed by atoms with Crippen LogP contribution in [0.5, 0.6) is 5.75 Å². The Bertz CT molecular complexity index is 1080. The Labute approximate surface area is 164 Å². The lowest BCUT2D eigenvalue weighted by atomic mass is 9.90. The van der Waals surface area contributed by atoms with Gasteiger partial charge in [0, 0.05) is 27.7 Å². The second-order valence-electron chi connectivity index (χ2n) is 7.95. The summed E-state index contributed by atoms with van der Waals surface area (Å²) >= 11 is 0. The average molecular weight is 372 g/mol. The zero-order valence-electron chi connectivity index (χ0n) is 15.7. The number of phenolic OH excluding ortho intramolecular Hbond substituents is 1. The van der Waals surface area contributed by atoms with Crippen LogP contribution in [0.25, 0.3) is 10.9 Å². The number of phenols is 1. The van der Waals surface area contributed by atoms with Crippen molar-refractivity contribution in [3.63, 3.8) is 0 Å². The average Bonchev–Trinajstić information content (AvgIpc) is 3.07. The van der Waals surface area contributed by atoms with E-state index in [0.717, 1.165) is 34.9 Å². The molecule has 1 aromatic heterocycles. The lowest BCUT2D eigenvalue weighted by molar-refractivity contribution is 0.0960. The molecule has 5 rings (SSSR count). The fourth-order valence-corrected chi connectivity index (χ4v) is 4.74. The first-order chi connectivity index (χ1) is 13.7. The molecule has 2 heterocycles. The largest absolute Gasteiger partial charge is 0.508 e. The van der Waals surface area contributed by atoms with Crippen molar-refractivity contribution in [2.75, 3.05) is 0 Å². The van der Waals surface area contributed by atoms with Crippen molar-refractivity contribution >= 4 is 16.8 Å². The van der Waals surface area contributed by atoms with Crippen LogP contribution in [-0.4, -0.2) is 16.0 Å². The number of nitrogens with one attached hydrogen (secondary N) is 2. The summed E-state index contributed by atoms with van der Waals surface area (Å²) in [6.07, 6.45) is 10.3. The molecule has 4 nitrogen and oxygen atoms in total. The summed E-state index contributed by atoms with van der Waals surface area (Å²) in [5, 5.41) is 14.3. The third kappa shape index (κ3) is 2.89. The number of benzene rings is 2. The van der Waals surface area contributed by atoms with Gasteiger partial charge >= 0.3 is 0 Å². The van der Waals surface area contributed by atoms with E-state index in [1.165, 1.54) is 25.0 Å². The van der Waals surface area contributed by atoms with E-state index in [9.17, 15) is 9.90 Å². The minimum Gasteiger partial charge on any atom is -0.508 e. The maximum Gasteiger partial charge on any atom is 0.252 e. The SMILES string of the molecule is O=C1N[C@@H](c2c(CC3CC=CCCC3)[nH]c3ccccc23)c2cc(O)ccc21. The van der Waals surface area contributed by atoms with Gasteiger partial charge in [0.05, 0.1) is 6.04 Å². The van der Waals surface area contributed by atoms with E-state index in [2.05, 4.69) is 34.6 Å². The molecule has 142 valence electrons. The van der Waals surface area contributed by atoms with Gasteiger partial charge in [-0.05, 0) is 67.9 Å². The van der Waals surface area contributed by atoms with Crippen molar-refractivity contribution in [3.05, 3.63) is 77.0 Å². The summed E-state index contributed by atoms with van der Waals surface area (Å²) < 4.78 is 0. The molecule has 0 radical (unpaired) electrons. The highest BCUT2D eigenvalue weighted by atomic mass is 16.3. The van der Waals surface area contributed by atoms with E-state index in [1.807, 2.05) is 12.1 Å². The number of para-hydroxylation sites is 1. The fraction of sp³-hybridized carbons (Fsp3) is 0.292. The molecule has 1 aliphatic heterocycles. The molecular weight excluding hydrogens is 348 g/mol. The Hall–Kier alpha value is -3.01. The Morgan fingerprint density at radius 1 is 1.11 bits per heavy atom. The summed E-state index contributed by atoms with van der Waals surface area (Å²) in [4.78, 5) is 16.2. The number of fused-ring (bicyclic) bond motifs is 2. The Morgan fingerprint density at radius 3 is 2.93 bits per heavy atom. The van der Waals surface area contributed by atoms with Crippen molar-refractivity contribution in [1.29, 1.82) is 0 Å². The van der Waals surface area contributed by atoms with E-state index in [1.54, 1.807) is 18.2 Å². The molecule has 28 heavy (non-hydrogen) atoms. The first-order valence-electron chi connectivity index (χ1n) is 10.1. The van der Waals surface area contributed by atoms with Gasteiger partial charge in [-0.3, -0.25) is 4.79 Å². The first kappa shape index (κ1) is 17.1. The van der Waals surface area contributed by atoms with E-state index in [4.69, 9.17) is 0 Å². The van der Waals surface area contributed by atoms with E-state index in [-0.39, 0.29) is 17.7 Å². The number of H-pyrrole nitrogens is 1. The molecule has 1 unspecified atom stereocenters. The number of aromatic amines is 1. The zero-order valence-corrected chi connectivity index (χ0v) is 15.7. The van der Waals surface area contributed by atoms with E-state index in [0.29, 0.717) is 11.5 Å². The molecule has 2 aromatic carbocycles. The molecule has 0 spiro atoms. The second kappa shape index (κ2) is 6.86. The molecule has 4 heteroatoms. The number of carbonyl (C=O) groups is 1. The number of carbonyl (C=O) groups excluding carboxylic acids is 1. The van der Waals surface area contributed by atoms with Crippen molar-refractivity contribution in [2.45, 2.75) is 38.1 Å². The van der Waals surface area contributed by atoms with Gasteiger partial charge in [0.25, 0.3) is 5.91 Å². The van der Waals surface area contributed by atoms with Gasteiger partial charge in [0.2, 0.25) is 0 Å². The first-order valence-corrected chi connectivity index (χ1v) is 10.1. The van der Waals surface area contributed by atoms with Gasteiger partial charge in [-0.25, -0.2) is 0 Å². The molecule has 0 fully saturated rings. The third-order valence-electron chi connectivity index (χ3n) is 6.09. The Morgan fingerprint density at radius 2 is 2.00 bits per heavy atom. The second-order valence-corrected chi connectivity index (χ2v) is 7.95. The fourth-order valence-electron chi connectivity index (χ4n) is 4.74. The predicted molar refractivity (Wildman–Crippen MR) is 111 cm³/mol. The molecule has 0 bridgehead atoms. The lowest BCUT2D eigenvalue weighted by Crippen LogP contribution is -2.21. The van der Waals surface area contributed by atoms with Crippen LogP contribution in [0.4, 0.5) is 0 Å². The molecule has 1 aliphatic carbocycles. The molecule has 0 saturated carbocycles. The predicted octanol–water partition coefficient (Wildman–Crippen LogP) is 5.00. The van der Waals surface area contributed by atoms with Crippen LogP contribution in [0.1, 0.15) is 58.9 Å². The number of amides is 1. The zero-order chi connectivity index (χ0) is 19.1. The van der Waals surface area contributed by atoms with Crippen LogP contribution >= 0.6 is 0 Å². The Balaban J connectivity index is 1.62.